The van der Waals surface area contributed by atoms with Gasteiger partial charge in [-0.25, -0.2) is 0 Å². The van der Waals surface area contributed by atoms with E-state index in [4.69, 9.17) is 4.42 Å². The minimum Gasteiger partial charge on any atom is -0.467 e. The second-order valence-electron chi connectivity index (χ2n) is 9.16. The molecule has 6 rings (SSSR count). The summed E-state index contributed by atoms with van der Waals surface area (Å²) < 4.78 is 5.53. The van der Waals surface area contributed by atoms with E-state index >= 15 is 0 Å². The van der Waals surface area contributed by atoms with Crippen LogP contribution in [0.15, 0.2) is 112 Å². The first-order chi connectivity index (χ1) is 18.2. The molecule has 1 aliphatic heterocycles. The Balaban J connectivity index is 1.34. The molecule has 1 aromatic heterocycles. The molecule has 1 aliphatic rings. The van der Waals surface area contributed by atoms with Gasteiger partial charge in [0.25, 0.3) is 0 Å². The third-order valence-corrected chi connectivity index (χ3v) is 7.76. The smallest absolute Gasteiger partial charge is 0.242 e. The van der Waals surface area contributed by atoms with Crippen molar-refractivity contribution >= 4 is 50.6 Å². The van der Waals surface area contributed by atoms with Gasteiger partial charge in [-0.3, -0.25) is 9.69 Å². The monoisotopic (exact) mass is 503 g/mol. The second-order valence-corrected chi connectivity index (χ2v) is 10.3. The maximum absolute atomic E-state index is 13.4. The molecule has 0 spiro atoms. The van der Waals surface area contributed by atoms with Gasteiger partial charge in [-0.2, -0.15) is 5.10 Å². The third-order valence-electron chi connectivity index (χ3n) is 6.60. The molecule has 0 N–H and O–H groups in total. The number of hydrogen-bond donors (Lipinski definition) is 0. The van der Waals surface area contributed by atoms with E-state index in [0.717, 1.165) is 32.7 Å². The van der Waals surface area contributed by atoms with Crippen molar-refractivity contribution in [2.24, 2.45) is 10.2 Å². The van der Waals surface area contributed by atoms with E-state index in [1.54, 1.807) is 17.4 Å². The zero-order valence-electron chi connectivity index (χ0n) is 20.4. The summed E-state index contributed by atoms with van der Waals surface area (Å²) in [5, 5.41) is 13.9. The molecule has 4 aromatic carbocycles. The van der Waals surface area contributed by atoms with Crippen molar-refractivity contribution in [3.05, 3.63) is 120 Å². The lowest BCUT2D eigenvalue weighted by Gasteiger charge is -2.14. The number of rotatable bonds is 6. The lowest BCUT2D eigenvalue weighted by atomic mass is 9.97. The van der Waals surface area contributed by atoms with Crippen LogP contribution in [0.1, 0.15) is 22.5 Å². The van der Waals surface area contributed by atoms with Crippen LogP contribution in [-0.2, 0) is 17.8 Å². The number of carbonyl (C=O) groups excluding carboxylic acids is 1. The van der Waals surface area contributed by atoms with Crippen LogP contribution in [0.4, 0.5) is 0 Å². The first-order valence-corrected chi connectivity index (χ1v) is 13.1. The summed E-state index contributed by atoms with van der Waals surface area (Å²) in [6.07, 6.45) is 4.06. The molecular formula is C31H25N3O2S. The number of benzene rings is 4. The fourth-order valence-corrected chi connectivity index (χ4v) is 5.82. The molecule has 0 radical (unpaired) electrons. The zero-order valence-corrected chi connectivity index (χ0v) is 21.2. The topological polar surface area (TPSA) is 58.2 Å². The second kappa shape index (κ2) is 10.1. The molecule has 1 atom stereocenters. The summed E-state index contributed by atoms with van der Waals surface area (Å²) in [7, 11) is 0. The van der Waals surface area contributed by atoms with Gasteiger partial charge in [0.05, 0.1) is 24.3 Å². The van der Waals surface area contributed by atoms with Crippen molar-refractivity contribution in [2.75, 3.05) is 0 Å². The van der Waals surface area contributed by atoms with E-state index in [1.807, 2.05) is 36.4 Å². The number of amides is 1. The minimum atomic E-state index is -0.259. The van der Waals surface area contributed by atoms with Crippen LogP contribution in [0.5, 0.6) is 0 Å². The standard InChI is InChI=1S/C31H25N3O2S/c1-21-12-14-22(15-13-21)17-29-30(35)34(20-25-9-6-16-36-25)31(37-29)33-32-19-28-26-10-4-2-7-23(26)18-24-8-3-5-11-27(24)28/h2-16,18-19,29H,17,20H2,1H3. The summed E-state index contributed by atoms with van der Waals surface area (Å²) in [6.45, 7) is 2.39. The maximum Gasteiger partial charge on any atom is 0.242 e. The number of nitrogens with zero attached hydrogens (tertiary/aromatic N) is 3. The van der Waals surface area contributed by atoms with Gasteiger partial charge in [0.1, 0.15) is 5.76 Å². The molecule has 2 heterocycles. The highest BCUT2D eigenvalue weighted by Gasteiger charge is 2.38. The Kier molecular flexibility index (Phi) is 6.33. The van der Waals surface area contributed by atoms with E-state index in [2.05, 4.69) is 71.7 Å². The molecular weight excluding hydrogens is 478 g/mol. The predicted molar refractivity (Wildman–Crippen MR) is 152 cm³/mol. The summed E-state index contributed by atoms with van der Waals surface area (Å²) >= 11 is 1.46. The molecule has 1 amide bonds. The lowest BCUT2D eigenvalue weighted by Crippen LogP contribution is -2.32. The summed E-state index contributed by atoms with van der Waals surface area (Å²) in [4.78, 5) is 15.1. The van der Waals surface area contributed by atoms with Gasteiger partial charge in [-0.1, -0.05) is 90.1 Å². The van der Waals surface area contributed by atoms with E-state index in [9.17, 15) is 4.79 Å². The van der Waals surface area contributed by atoms with Crippen molar-refractivity contribution in [1.29, 1.82) is 0 Å². The van der Waals surface area contributed by atoms with Crippen molar-refractivity contribution in [3.63, 3.8) is 0 Å². The van der Waals surface area contributed by atoms with Crippen molar-refractivity contribution in [3.8, 4) is 0 Å². The quantitative estimate of drug-likeness (QED) is 0.143. The average Bonchev–Trinajstić information content (AvgIpc) is 3.54. The molecule has 5 nitrogen and oxygen atoms in total. The fraction of sp³-hybridized carbons (Fsp3) is 0.129. The fourth-order valence-electron chi connectivity index (χ4n) is 4.68. The van der Waals surface area contributed by atoms with Gasteiger partial charge in [0.2, 0.25) is 5.91 Å². The van der Waals surface area contributed by atoms with Crippen LogP contribution in [0.25, 0.3) is 21.5 Å². The number of hydrogen-bond acceptors (Lipinski definition) is 5. The first kappa shape index (κ1) is 23.3. The first-order valence-electron chi connectivity index (χ1n) is 12.2. The highest BCUT2D eigenvalue weighted by atomic mass is 32.2. The highest BCUT2D eigenvalue weighted by Crippen LogP contribution is 2.32. The number of aryl methyl sites for hydroxylation is 1. The van der Waals surface area contributed by atoms with Gasteiger partial charge >= 0.3 is 0 Å². The molecule has 0 saturated carbocycles. The van der Waals surface area contributed by atoms with Crippen LogP contribution < -0.4 is 0 Å². The average molecular weight is 504 g/mol. The Hall–Kier alpha value is -4.16. The van der Waals surface area contributed by atoms with Gasteiger partial charge in [-0.15, -0.1) is 5.10 Å². The van der Waals surface area contributed by atoms with Crippen molar-refractivity contribution < 1.29 is 9.21 Å². The Morgan fingerprint density at radius 2 is 1.62 bits per heavy atom. The van der Waals surface area contributed by atoms with Crippen molar-refractivity contribution in [1.82, 2.24) is 4.90 Å². The van der Waals surface area contributed by atoms with Crippen LogP contribution in [0.3, 0.4) is 0 Å². The van der Waals surface area contributed by atoms with Crippen LogP contribution in [0.2, 0.25) is 0 Å². The zero-order chi connectivity index (χ0) is 25.2. The van der Waals surface area contributed by atoms with E-state index in [0.29, 0.717) is 23.9 Å². The van der Waals surface area contributed by atoms with Gasteiger partial charge < -0.3 is 4.42 Å². The van der Waals surface area contributed by atoms with Gasteiger partial charge in [0.15, 0.2) is 5.17 Å². The normalized spacial score (nSPS) is 17.1. The number of furan rings is 1. The molecule has 5 aromatic rings. The molecule has 0 aliphatic carbocycles. The number of amidine groups is 1. The summed E-state index contributed by atoms with van der Waals surface area (Å²) in [6, 6.07) is 30.8. The summed E-state index contributed by atoms with van der Waals surface area (Å²) in [5.41, 5.74) is 3.34. The molecule has 1 fully saturated rings. The summed E-state index contributed by atoms with van der Waals surface area (Å²) in [5.74, 6) is 0.730. The molecule has 6 heteroatoms. The molecule has 1 saturated heterocycles. The van der Waals surface area contributed by atoms with Crippen LogP contribution in [0, 0.1) is 6.92 Å². The SMILES string of the molecule is Cc1ccc(CC2SC(=NN=Cc3c4ccccc4cc4ccccc34)N(Cc3ccco3)C2=O)cc1. The Labute approximate surface area is 219 Å². The Morgan fingerprint density at radius 1 is 0.919 bits per heavy atom. The lowest BCUT2D eigenvalue weighted by molar-refractivity contribution is -0.126. The molecule has 0 bridgehead atoms. The molecule has 182 valence electrons. The number of carbonyl (C=O) groups is 1. The van der Waals surface area contributed by atoms with E-state index in [-0.39, 0.29) is 11.2 Å². The molecule has 37 heavy (non-hydrogen) atoms. The Bertz CT molecular complexity index is 1590. The van der Waals surface area contributed by atoms with Gasteiger partial charge in [-0.05, 0) is 58.7 Å². The van der Waals surface area contributed by atoms with Crippen LogP contribution in [-0.4, -0.2) is 27.4 Å². The third kappa shape index (κ3) is 4.80. The number of fused-ring (bicyclic) bond motifs is 2. The number of thioether (sulfide) groups is 1. The minimum absolute atomic E-state index is 0.0199. The van der Waals surface area contributed by atoms with Gasteiger partial charge in [0, 0.05) is 5.56 Å². The van der Waals surface area contributed by atoms with Crippen molar-refractivity contribution in [2.45, 2.75) is 25.1 Å². The highest BCUT2D eigenvalue weighted by molar-refractivity contribution is 8.15. The maximum atomic E-state index is 13.4. The molecule has 1 unspecified atom stereocenters. The largest absolute Gasteiger partial charge is 0.467 e. The van der Waals surface area contributed by atoms with Crippen LogP contribution >= 0.6 is 11.8 Å². The Morgan fingerprint density at radius 3 is 2.30 bits per heavy atom. The predicted octanol–water partition coefficient (Wildman–Crippen LogP) is 6.97. The van der Waals surface area contributed by atoms with E-state index in [1.165, 1.54) is 17.3 Å². The van der Waals surface area contributed by atoms with E-state index < -0.39 is 0 Å².